The van der Waals surface area contributed by atoms with Gasteiger partial charge in [-0.25, -0.2) is 8.78 Å². The molecule has 0 heterocycles. The fraction of sp³-hybridized carbons (Fsp3) is 0.222. The highest BCUT2D eigenvalue weighted by atomic mass is 19.3. The fourth-order valence-corrected chi connectivity index (χ4v) is 2.09. The number of halogens is 2. The van der Waals surface area contributed by atoms with Crippen LogP contribution in [0.3, 0.4) is 0 Å². The van der Waals surface area contributed by atoms with Crippen molar-refractivity contribution < 1.29 is 13.5 Å². The van der Waals surface area contributed by atoms with Crippen molar-refractivity contribution in [2.24, 2.45) is 0 Å². The Morgan fingerprint density at radius 1 is 1.09 bits per heavy atom. The molecule has 0 atom stereocenters. The molecule has 0 bridgehead atoms. The molecule has 0 aliphatic carbocycles. The van der Waals surface area contributed by atoms with Gasteiger partial charge in [-0.2, -0.15) is 0 Å². The first-order valence-electron chi connectivity index (χ1n) is 7.01. The Labute approximate surface area is 129 Å². The minimum absolute atomic E-state index is 0.267. The highest BCUT2D eigenvalue weighted by molar-refractivity contribution is 5.57. The smallest absolute Gasteiger partial charge is 0.272 e. The Hall–Kier alpha value is -2.36. The van der Waals surface area contributed by atoms with Gasteiger partial charge in [-0.1, -0.05) is 49.0 Å². The summed E-state index contributed by atoms with van der Waals surface area (Å²) >= 11 is 0. The summed E-state index contributed by atoms with van der Waals surface area (Å²) in [6.45, 7) is 3.80. The van der Waals surface area contributed by atoms with Crippen LogP contribution in [-0.2, 0) is 11.3 Å². The van der Waals surface area contributed by atoms with E-state index in [9.17, 15) is 8.78 Å². The first kappa shape index (κ1) is 16.0. The lowest BCUT2D eigenvalue weighted by atomic mass is 10.1. The highest BCUT2D eigenvalue weighted by Crippen LogP contribution is 2.18. The van der Waals surface area contributed by atoms with Gasteiger partial charge in [0.2, 0.25) is 0 Å². The topological polar surface area (TPSA) is 12.5 Å². The summed E-state index contributed by atoms with van der Waals surface area (Å²) in [6, 6.07) is 17.7. The second-order valence-electron chi connectivity index (χ2n) is 5.01. The van der Waals surface area contributed by atoms with Crippen molar-refractivity contribution in [3.63, 3.8) is 0 Å². The zero-order chi connectivity index (χ0) is 15.9. The van der Waals surface area contributed by atoms with E-state index in [4.69, 9.17) is 4.74 Å². The molecular formula is C18H19F2NO. The molecule has 0 radical (unpaired) electrons. The number of ether oxygens (including phenoxy) is 1. The van der Waals surface area contributed by atoms with Crippen LogP contribution in [-0.4, -0.2) is 20.1 Å². The maximum Gasteiger partial charge on any atom is 0.272 e. The SMILES string of the molecule is C=C(OCC(F)F)c1ccc(CN(C)c2ccccc2)cc1. The van der Waals surface area contributed by atoms with E-state index in [1.165, 1.54) is 0 Å². The van der Waals surface area contributed by atoms with Crippen molar-refractivity contribution in [2.75, 3.05) is 18.6 Å². The maximum atomic E-state index is 12.1. The number of hydrogen-bond acceptors (Lipinski definition) is 2. The van der Waals surface area contributed by atoms with Crippen LogP contribution >= 0.6 is 0 Å². The minimum Gasteiger partial charge on any atom is -0.488 e. The molecule has 0 spiro atoms. The molecule has 0 amide bonds. The van der Waals surface area contributed by atoms with Crippen molar-refractivity contribution >= 4 is 11.4 Å². The molecule has 0 aliphatic heterocycles. The van der Waals surface area contributed by atoms with Crippen molar-refractivity contribution in [3.05, 3.63) is 72.3 Å². The number of anilines is 1. The normalized spacial score (nSPS) is 10.5. The third-order valence-corrected chi connectivity index (χ3v) is 3.28. The van der Waals surface area contributed by atoms with Crippen LogP contribution < -0.4 is 4.90 Å². The average molecular weight is 303 g/mol. The van der Waals surface area contributed by atoms with Crippen molar-refractivity contribution in [3.8, 4) is 0 Å². The number of nitrogens with zero attached hydrogens (tertiary/aromatic N) is 1. The molecular weight excluding hydrogens is 284 g/mol. The predicted octanol–water partition coefficient (Wildman–Crippen LogP) is 4.58. The Bertz CT molecular complexity index is 596. The number of alkyl halides is 2. The van der Waals surface area contributed by atoms with Gasteiger partial charge in [0.25, 0.3) is 6.43 Å². The molecule has 0 fully saturated rings. The lowest BCUT2D eigenvalue weighted by molar-refractivity contribution is 0.0690. The van der Waals surface area contributed by atoms with E-state index >= 15 is 0 Å². The molecule has 2 aromatic carbocycles. The first-order valence-corrected chi connectivity index (χ1v) is 7.01. The quantitative estimate of drug-likeness (QED) is 0.694. The van der Waals surface area contributed by atoms with Gasteiger partial charge >= 0.3 is 0 Å². The Morgan fingerprint density at radius 2 is 1.73 bits per heavy atom. The molecule has 0 unspecified atom stereocenters. The molecule has 22 heavy (non-hydrogen) atoms. The molecule has 0 aromatic heterocycles. The monoisotopic (exact) mass is 303 g/mol. The summed E-state index contributed by atoms with van der Waals surface area (Å²) in [7, 11) is 2.02. The van der Waals surface area contributed by atoms with Crippen LogP contribution in [0.1, 0.15) is 11.1 Å². The van der Waals surface area contributed by atoms with E-state index in [2.05, 4.69) is 11.5 Å². The summed E-state index contributed by atoms with van der Waals surface area (Å²) in [6.07, 6.45) is -2.49. The second-order valence-corrected chi connectivity index (χ2v) is 5.01. The van der Waals surface area contributed by atoms with Crippen LogP contribution in [0.25, 0.3) is 5.76 Å². The zero-order valence-corrected chi connectivity index (χ0v) is 12.5. The largest absolute Gasteiger partial charge is 0.488 e. The van der Waals surface area contributed by atoms with Gasteiger partial charge in [-0.15, -0.1) is 0 Å². The van der Waals surface area contributed by atoms with E-state index < -0.39 is 13.0 Å². The molecule has 2 rings (SSSR count). The minimum atomic E-state index is -2.49. The van der Waals surface area contributed by atoms with Gasteiger partial charge in [-0.05, 0) is 17.7 Å². The van der Waals surface area contributed by atoms with Crippen LogP contribution in [0.15, 0.2) is 61.2 Å². The van der Waals surface area contributed by atoms with Gasteiger partial charge in [0.1, 0.15) is 12.4 Å². The number of rotatable bonds is 7. The van der Waals surface area contributed by atoms with Crippen LogP contribution in [0.5, 0.6) is 0 Å². The van der Waals surface area contributed by atoms with Gasteiger partial charge in [0.05, 0.1) is 0 Å². The zero-order valence-electron chi connectivity index (χ0n) is 12.5. The maximum absolute atomic E-state index is 12.1. The van der Waals surface area contributed by atoms with E-state index in [0.717, 1.165) is 17.8 Å². The molecule has 0 N–H and O–H groups in total. The van der Waals surface area contributed by atoms with Gasteiger partial charge < -0.3 is 9.64 Å². The summed E-state index contributed by atoms with van der Waals surface area (Å²) < 4.78 is 29.1. The van der Waals surface area contributed by atoms with Gasteiger partial charge in [-0.3, -0.25) is 0 Å². The second kappa shape index (κ2) is 7.59. The molecule has 0 aliphatic rings. The summed E-state index contributed by atoms with van der Waals surface area (Å²) in [5, 5.41) is 0. The lowest BCUT2D eigenvalue weighted by Gasteiger charge is -2.19. The standard InChI is InChI=1S/C18H19F2NO/c1-14(22-13-18(19)20)16-10-8-15(9-11-16)12-21(2)17-6-4-3-5-7-17/h3-11,18H,1,12-13H2,2H3. The van der Waals surface area contributed by atoms with E-state index in [-0.39, 0.29) is 5.76 Å². The van der Waals surface area contributed by atoms with E-state index in [1.807, 2.05) is 61.6 Å². The van der Waals surface area contributed by atoms with Crippen LogP contribution in [0.4, 0.5) is 14.5 Å². The fourth-order valence-electron chi connectivity index (χ4n) is 2.09. The van der Waals surface area contributed by atoms with Crippen LogP contribution in [0.2, 0.25) is 0 Å². The van der Waals surface area contributed by atoms with Crippen molar-refractivity contribution in [1.29, 1.82) is 0 Å². The van der Waals surface area contributed by atoms with Gasteiger partial charge in [0.15, 0.2) is 0 Å². The molecule has 0 saturated carbocycles. The number of para-hydroxylation sites is 1. The van der Waals surface area contributed by atoms with Crippen LogP contribution in [0, 0.1) is 0 Å². The highest BCUT2D eigenvalue weighted by Gasteiger charge is 2.07. The Morgan fingerprint density at radius 3 is 2.32 bits per heavy atom. The summed E-state index contributed by atoms with van der Waals surface area (Å²) in [5.41, 5.74) is 2.97. The predicted molar refractivity (Wildman–Crippen MR) is 86.0 cm³/mol. The first-order chi connectivity index (χ1) is 10.6. The van der Waals surface area contributed by atoms with Gasteiger partial charge in [0, 0.05) is 24.8 Å². The third kappa shape index (κ3) is 4.58. The Kier molecular flexibility index (Phi) is 5.53. The van der Waals surface area contributed by atoms with E-state index in [0.29, 0.717) is 5.56 Å². The summed E-state index contributed by atoms with van der Waals surface area (Å²) in [4.78, 5) is 2.14. The third-order valence-electron chi connectivity index (χ3n) is 3.28. The molecule has 4 heteroatoms. The number of benzene rings is 2. The number of hydrogen-bond donors (Lipinski definition) is 0. The molecule has 2 nitrogen and oxygen atoms in total. The molecule has 0 saturated heterocycles. The molecule has 2 aromatic rings. The Balaban J connectivity index is 1.96. The van der Waals surface area contributed by atoms with E-state index in [1.54, 1.807) is 0 Å². The summed E-state index contributed by atoms with van der Waals surface area (Å²) in [5.74, 6) is 0.267. The lowest BCUT2D eigenvalue weighted by Crippen LogP contribution is -2.16. The molecule has 116 valence electrons. The van der Waals surface area contributed by atoms with Crippen molar-refractivity contribution in [2.45, 2.75) is 13.0 Å². The van der Waals surface area contributed by atoms with Crippen molar-refractivity contribution in [1.82, 2.24) is 0 Å². The average Bonchev–Trinajstić information content (AvgIpc) is 2.54.